The van der Waals surface area contributed by atoms with Gasteiger partial charge in [0.2, 0.25) is 5.95 Å². The van der Waals surface area contributed by atoms with Gasteiger partial charge in [-0.1, -0.05) is 103 Å². The Balaban J connectivity index is 1.38. The Morgan fingerprint density at radius 3 is 2.17 bits per heavy atom. The average Bonchev–Trinajstić information content (AvgIpc) is 3.32. The van der Waals surface area contributed by atoms with E-state index in [4.69, 9.17) is 15.0 Å². The summed E-state index contributed by atoms with van der Waals surface area (Å²) in [6.45, 7) is 4.17. The minimum absolute atomic E-state index is 0.0295. The van der Waals surface area contributed by atoms with Crippen LogP contribution in [0.5, 0.6) is 0 Å². The zero-order valence-electron chi connectivity index (χ0n) is 24.5. The maximum atomic E-state index is 12.2. The van der Waals surface area contributed by atoms with E-state index in [2.05, 4.69) is 21.9 Å². The Kier molecular flexibility index (Phi) is 17.8. The molecule has 2 aromatic rings. The van der Waals surface area contributed by atoms with Crippen molar-refractivity contribution in [2.45, 2.75) is 116 Å². The van der Waals surface area contributed by atoms with Gasteiger partial charge in [0.05, 0.1) is 19.1 Å². The van der Waals surface area contributed by atoms with E-state index in [-0.39, 0.29) is 29.8 Å². The summed E-state index contributed by atoms with van der Waals surface area (Å²) in [6.07, 6.45) is 24.9. The SMILES string of the molecule is CCCCCCCCCCCCCCCCOCCCOP(=O)(O)CCC=CCn1cnc2c(=O)[nH]c(N)nc21. The molecule has 4 N–H and O–H groups in total. The second-order valence-electron chi connectivity index (χ2n) is 10.5. The lowest BCUT2D eigenvalue weighted by atomic mass is 10.0. The molecule has 10 nitrogen and oxygen atoms in total. The van der Waals surface area contributed by atoms with Crippen molar-refractivity contribution in [2.75, 3.05) is 31.7 Å². The number of rotatable bonds is 25. The third-order valence-electron chi connectivity index (χ3n) is 6.91. The average molecular weight is 582 g/mol. The summed E-state index contributed by atoms with van der Waals surface area (Å²) in [6, 6.07) is 0. The molecule has 0 spiro atoms. The van der Waals surface area contributed by atoms with E-state index in [9.17, 15) is 14.3 Å². The highest BCUT2D eigenvalue weighted by Gasteiger charge is 2.17. The Morgan fingerprint density at radius 1 is 0.925 bits per heavy atom. The van der Waals surface area contributed by atoms with Crippen LogP contribution < -0.4 is 11.3 Å². The summed E-state index contributed by atoms with van der Waals surface area (Å²) < 4.78 is 24.8. The second-order valence-corrected chi connectivity index (χ2v) is 12.5. The largest absolute Gasteiger partial charge is 0.381 e. The Hall–Kier alpha value is -2.00. The van der Waals surface area contributed by atoms with Crippen LogP contribution in [0.3, 0.4) is 0 Å². The summed E-state index contributed by atoms with van der Waals surface area (Å²) in [5.41, 5.74) is 5.83. The van der Waals surface area contributed by atoms with Crippen molar-refractivity contribution in [2.24, 2.45) is 0 Å². The molecule has 2 rings (SSSR count). The number of aromatic amines is 1. The molecule has 0 saturated heterocycles. The predicted molar refractivity (Wildman–Crippen MR) is 163 cm³/mol. The van der Waals surface area contributed by atoms with Crippen LogP contribution in [0.1, 0.15) is 110 Å². The summed E-state index contributed by atoms with van der Waals surface area (Å²) in [5, 5.41) is 0. The normalized spacial score (nSPS) is 13.4. The summed E-state index contributed by atoms with van der Waals surface area (Å²) in [5.74, 6) is 0.0295. The van der Waals surface area contributed by atoms with Gasteiger partial charge in [-0.2, -0.15) is 4.98 Å². The molecule has 0 aliphatic heterocycles. The van der Waals surface area contributed by atoms with Gasteiger partial charge in [-0.15, -0.1) is 0 Å². The first-order chi connectivity index (χ1) is 19.4. The number of hydrogen-bond acceptors (Lipinski definition) is 7. The van der Waals surface area contributed by atoms with Crippen molar-refractivity contribution >= 4 is 24.7 Å². The zero-order valence-corrected chi connectivity index (χ0v) is 25.4. The molecule has 0 radical (unpaired) electrons. The molecule has 2 aromatic heterocycles. The van der Waals surface area contributed by atoms with Gasteiger partial charge in [0.1, 0.15) is 0 Å². The van der Waals surface area contributed by atoms with Gasteiger partial charge in [-0.25, -0.2) is 4.98 Å². The third kappa shape index (κ3) is 15.1. The number of unbranched alkanes of at least 4 members (excludes halogenated alkanes) is 13. The van der Waals surface area contributed by atoms with Gasteiger partial charge < -0.3 is 24.5 Å². The number of fused-ring (bicyclic) bond motifs is 1. The van der Waals surface area contributed by atoms with Crippen LogP contribution in [-0.2, 0) is 20.4 Å². The number of nitrogens with zero attached hydrogens (tertiary/aromatic N) is 3. The molecule has 0 saturated carbocycles. The summed E-state index contributed by atoms with van der Waals surface area (Å²) >= 11 is 0. The number of H-pyrrole nitrogens is 1. The van der Waals surface area contributed by atoms with E-state index < -0.39 is 7.60 Å². The molecule has 1 atom stereocenters. The van der Waals surface area contributed by atoms with Crippen LogP contribution in [0.4, 0.5) is 5.95 Å². The minimum atomic E-state index is -3.64. The fraction of sp³-hybridized carbons (Fsp3) is 0.759. The zero-order chi connectivity index (χ0) is 28.9. The van der Waals surface area contributed by atoms with Crippen LogP contribution in [0.15, 0.2) is 23.3 Å². The molecular formula is C29H52N5O5P. The minimum Gasteiger partial charge on any atom is -0.381 e. The molecule has 0 aliphatic carbocycles. The number of nitrogens with one attached hydrogen (secondary N) is 1. The van der Waals surface area contributed by atoms with Crippen LogP contribution in [0, 0.1) is 0 Å². The highest BCUT2D eigenvalue weighted by atomic mass is 31.2. The van der Waals surface area contributed by atoms with Gasteiger partial charge in [0.15, 0.2) is 11.2 Å². The van der Waals surface area contributed by atoms with Gasteiger partial charge in [0, 0.05) is 19.8 Å². The number of allylic oxidation sites excluding steroid dienone is 2. The van der Waals surface area contributed by atoms with Crippen molar-refractivity contribution in [3.63, 3.8) is 0 Å². The highest BCUT2D eigenvalue weighted by Crippen LogP contribution is 2.42. The molecule has 11 heteroatoms. The quantitative estimate of drug-likeness (QED) is 0.0664. The number of imidazole rings is 1. The first kappa shape index (κ1) is 34.2. The number of anilines is 1. The fourth-order valence-corrected chi connectivity index (χ4v) is 5.60. The van der Waals surface area contributed by atoms with Gasteiger partial charge in [-0.05, 0) is 19.3 Å². The van der Waals surface area contributed by atoms with E-state index in [1.165, 1.54) is 89.8 Å². The molecule has 0 aromatic carbocycles. The summed E-state index contributed by atoms with van der Waals surface area (Å²) in [4.78, 5) is 32.4. The van der Waals surface area contributed by atoms with Gasteiger partial charge >= 0.3 is 7.60 Å². The number of nitrogens with two attached hydrogens (primary N) is 1. The molecule has 228 valence electrons. The van der Waals surface area contributed by atoms with Gasteiger partial charge in [-0.3, -0.25) is 14.3 Å². The smallest absolute Gasteiger partial charge is 0.328 e. The van der Waals surface area contributed by atoms with Crippen molar-refractivity contribution in [3.8, 4) is 0 Å². The Morgan fingerprint density at radius 2 is 1.52 bits per heavy atom. The van der Waals surface area contributed by atoms with Crippen molar-refractivity contribution in [1.29, 1.82) is 0 Å². The number of hydrogen-bond donors (Lipinski definition) is 3. The molecule has 0 aliphatic rings. The van der Waals surface area contributed by atoms with E-state index >= 15 is 0 Å². The maximum Gasteiger partial charge on any atom is 0.328 e. The standard InChI is InChI=1S/C29H52N5O5P/c1-2-3-4-5-6-7-8-9-10-11-12-13-14-17-21-38-22-19-23-39-40(36,37)24-18-15-16-20-34-25-31-26-27(34)32-29(30)33-28(26)35/h15-16,25H,2-14,17-24H2,1H3,(H,36,37)(H3,30,32,33,35). The number of ether oxygens (including phenoxy) is 1. The van der Waals surface area contributed by atoms with E-state index in [0.717, 1.165) is 13.0 Å². The predicted octanol–water partition coefficient (Wildman–Crippen LogP) is 6.74. The highest BCUT2D eigenvalue weighted by molar-refractivity contribution is 7.52. The Labute approximate surface area is 239 Å². The van der Waals surface area contributed by atoms with Crippen LogP contribution in [0.25, 0.3) is 11.2 Å². The number of nitrogen functional groups attached to an aromatic ring is 1. The van der Waals surface area contributed by atoms with Crippen LogP contribution >= 0.6 is 7.60 Å². The van der Waals surface area contributed by atoms with Crippen LogP contribution in [0.2, 0.25) is 0 Å². The second kappa shape index (κ2) is 20.8. The summed E-state index contributed by atoms with van der Waals surface area (Å²) in [7, 11) is -3.64. The monoisotopic (exact) mass is 581 g/mol. The fourth-order valence-electron chi connectivity index (χ4n) is 4.58. The van der Waals surface area contributed by atoms with Crippen molar-refractivity contribution in [1.82, 2.24) is 19.5 Å². The lowest BCUT2D eigenvalue weighted by Gasteiger charge is -2.11. The van der Waals surface area contributed by atoms with E-state index in [0.29, 0.717) is 31.6 Å². The molecule has 40 heavy (non-hydrogen) atoms. The number of aromatic nitrogens is 4. The van der Waals surface area contributed by atoms with Gasteiger partial charge in [0.25, 0.3) is 5.56 Å². The maximum absolute atomic E-state index is 12.2. The topological polar surface area (TPSA) is 145 Å². The van der Waals surface area contributed by atoms with Crippen LogP contribution in [-0.4, -0.2) is 50.4 Å². The molecule has 1 unspecified atom stereocenters. The third-order valence-corrected chi connectivity index (χ3v) is 8.32. The first-order valence-corrected chi connectivity index (χ1v) is 17.1. The van der Waals surface area contributed by atoms with Crippen molar-refractivity contribution < 1.29 is 18.7 Å². The lowest BCUT2D eigenvalue weighted by molar-refractivity contribution is 0.113. The van der Waals surface area contributed by atoms with Crippen molar-refractivity contribution in [3.05, 3.63) is 28.8 Å². The lowest BCUT2D eigenvalue weighted by Crippen LogP contribution is -2.12. The molecular weight excluding hydrogens is 529 g/mol. The first-order valence-electron chi connectivity index (χ1n) is 15.3. The Bertz CT molecular complexity index is 1070. The van der Waals surface area contributed by atoms with E-state index in [1.807, 2.05) is 6.08 Å². The van der Waals surface area contributed by atoms with E-state index in [1.54, 1.807) is 10.6 Å². The molecule has 2 heterocycles. The molecule has 0 amide bonds. The molecule has 0 fully saturated rings. The molecule has 0 bridgehead atoms.